The van der Waals surface area contributed by atoms with Gasteiger partial charge in [-0.3, -0.25) is 9.78 Å². The summed E-state index contributed by atoms with van der Waals surface area (Å²) in [7, 11) is 0. The lowest BCUT2D eigenvalue weighted by atomic mass is 9.76. The number of ether oxygens (including phenoxy) is 2. The Bertz CT molecular complexity index is 636. The van der Waals surface area contributed by atoms with Crippen LogP contribution >= 0.6 is 0 Å². The number of likely N-dealkylation sites (tertiary alicyclic amines) is 1. The van der Waals surface area contributed by atoms with Crippen molar-refractivity contribution in [1.82, 2.24) is 9.88 Å². The zero-order chi connectivity index (χ0) is 18.0. The SMILES string of the molecule is Cc1cccc(COC[C@@H]2CC3(CCN(C(=O)CC4CC4)CC3)CO2)n1. The topological polar surface area (TPSA) is 51.7 Å². The van der Waals surface area contributed by atoms with Crippen molar-refractivity contribution in [3.8, 4) is 0 Å². The third-order valence-electron chi connectivity index (χ3n) is 6.12. The Labute approximate surface area is 156 Å². The molecule has 1 atom stereocenters. The number of nitrogens with zero attached hydrogens (tertiary/aromatic N) is 2. The molecule has 0 radical (unpaired) electrons. The normalized spacial score (nSPS) is 25.0. The Balaban J connectivity index is 1.19. The lowest BCUT2D eigenvalue weighted by Crippen LogP contribution is -2.43. The van der Waals surface area contributed by atoms with E-state index in [4.69, 9.17) is 9.47 Å². The van der Waals surface area contributed by atoms with Crippen LogP contribution in [0, 0.1) is 18.3 Å². The number of carbonyl (C=O) groups excluding carboxylic acids is 1. The summed E-state index contributed by atoms with van der Waals surface area (Å²) in [5.74, 6) is 1.05. The van der Waals surface area contributed by atoms with Crippen LogP contribution < -0.4 is 0 Å². The molecule has 3 fully saturated rings. The number of carbonyl (C=O) groups is 1. The third kappa shape index (κ3) is 4.44. The molecule has 5 nitrogen and oxygen atoms in total. The van der Waals surface area contributed by atoms with Crippen LogP contribution in [0.1, 0.15) is 49.9 Å². The smallest absolute Gasteiger partial charge is 0.222 e. The van der Waals surface area contributed by atoms with Crippen molar-refractivity contribution in [2.75, 3.05) is 26.3 Å². The maximum Gasteiger partial charge on any atom is 0.222 e. The van der Waals surface area contributed by atoms with Gasteiger partial charge in [-0.2, -0.15) is 0 Å². The first-order chi connectivity index (χ1) is 12.6. The van der Waals surface area contributed by atoms with Gasteiger partial charge >= 0.3 is 0 Å². The highest BCUT2D eigenvalue weighted by atomic mass is 16.5. The fourth-order valence-corrected chi connectivity index (χ4v) is 4.25. The van der Waals surface area contributed by atoms with Crippen molar-refractivity contribution in [3.05, 3.63) is 29.6 Å². The van der Waals surface area contributed by atoms with E-state index in [2.05, 4.69) is 9.88 Å². The fourth-order valence-electron chi connectivity index (χ4n) is 4.25. The van der Waals surface area contributed by atoms with E-state index in [9.17, 15) is 4.79 Å². The van der Waals surface area contributed by atoms with Crippen LogP contribution in [0.5, 0.6) is 0 Å². The zero-order valence-electron chi connectivity index (χ0n) is 15.8. The van der Waals surface area contributed by atoms with E-state index >= 15 is 0 Å². The molecule has 26 heavy (non-hydrogen) atoms. The van der Waals surface area contributed by atoms with Gasteiger partial charge in [-0.1, -0.05) is 6.07 Å². The first-order valence-electron chi connectivity index (χ1n) is 10.0. The van der Waals surface area contributed by atoms with Crippen molar-refractivity contribution >= 4 is 5.91 Å². The molecule has 0 unspecified atom stereocenters. The predicted octanol–water partition coefficient (Wildman–Crippen LogP) is 3.10. The molecule has 1 aromatic heterocycles. The first kappa shape index (κ1) is 17.9. The van der Waals surface area contributed by atoms with Crippen LogP contribution in [0.15, 0.2) is 18.2 Å². The summed E-state index contributed by atoms with van der Waals surface area (Å²) < 4.78 is 11.9. The van der Waals surface area contributed by atoms with E-state index in [1.807, 2.05) is 25.1 Å². The second kappa shape index (κ2) is 7.65. The summed E-state index contributed by atoms with van der Waals surface area (Å²) >= 11 is 0. The Hall–Kier alpha value is -1.46. The summed E-state index contributed by atoms with van der Waals surface area (Å²) in [4.78, 5) is 18.8. The number of pyridine rings is 1. The van der Waals surface area contributed by atoms with E-state index in [0.29, 0.717) is 25.0 Å². The lowest BCUT2D eigenvalue weighted by Gasteiger charge is -2.38. The highest BCUT2D eigenvalue weighted by molar-refractivity contribution is 5.76. The minimum Gasteiger partial charge on any atom is -0.375 e. The molecule has 1 aromatic rings. The minimum atomic E-state index is 0.175. The van der Waals surface area contributed by atoms with Crippen LogP contribution in [0.25, 0.3) is 0 Å². The molecule has 5 heteroatoms. The van der Waals surface area contributed by atoms with Crippen LogP contribution in [0.2, 0.25) is 0 Å². The number of aromatic nitrogens is 1. The monoisotopic (exact) mass is 358 g/mol. The number of amides is 1. The van der Waals surface area contributed by atoms with Crippen molar-refractivity contribution in [2.24, 2.45) is 11.3 Å². The largest absolute Gasteiger partial charge is 0.375 e. The van der Waals surface area contributed by atoms with Gasteiger partial charge in [0.05, 0.1) is 31.6 Å². The van der Waals surface area contributed by atoms with Crippen molar-refractivity contribution in [1.29, 1.82) is 0 Å². The van der Waals surface area contributed by atoms with Gasteiger partial charge in [0.1, 0.15) is 0 Å². The third-order valence-corrected chi connectivity index (χ3v) is 6.12. The van der Waals surface area contributed by atoms with E-state index in [1.165, 1.54) is 12.8 Å². The molecule has 1 spiro atoms. The molecule has 3 heterocycles. The average molecular weight is 358 g/mol. The van der Waals surface area contributed by atoms with E-state index in [0.717, 1.165) is 56.8 Å². The summed E-state index contributed by atoms with van der Waals surface area (Å²) in [6, 6.07) is 6.01. The molecule has 3 aliphatic rings. The lowest BCUT2D eigenvalue weighted by molar-refractivity contribution is -0.133. The van der Waals surface area contributed by atoms with Gasteiger partial charge in [-0.15, -0.1) is 0 Å². The second-order valence-electron chi connectivity index (χ2n) is 8.45. The standard InChI is InChI=1S/C21H30N2O3/c1-16-3-2-4-18(22-16)13-25-14-19-12-21(15-26-19)7-9-23(10-8-21)20(24)11-17-5-6-17/h2-4,17,19H,5-15H2,1H3/t19-/m0/s1. The van der Waals surface area contributed by atoms with E-state index < -0.39 is 0 Å². The maximum atomic E-state index is 12.3. The summed E-state index contributed by atoms with van der Waals surface area (Å²) in [6.45, 7) is 5.77. The summed E-state index contributed by atoms with van der Waals surface area (Å²) in [5.41, 5.74) is 2.25. The van der Waals surface area contributed by atoms with Gasteiger partial charge in [0, 0.05) is 25.2 Å². The molecular formula is C21H30N2O3. The fraction of sp³-hybridized carbons (Fsp3) is 0.714. The molecule has 142 valence electrons. The van der Waals surface area contributed by atoms with Gasteiger partial charge in [0.25, 0.3) is 0 Å². The number of piperidine rings is 1. The van der Waals surface area contributed by atoms with E-state index in [1.54, 1.807) is 0 Å². The highest BCUT2D eigenvalue weighted by Gasteiger charge is 2.43. The Morgan fingerprint density at radius 3 is 2.88 bits per heavy atom. The summed E-state index contributed by atoms with van der Waals surface area (Å²) in [5, 5.41) is 0. The predicted molar refractivity (Wildman–Crippen MR) is 98.6 cm³/mol. The molecule has 2 saturated heterocycles. The Kier molecular flexibility index (Phi) is 5.28. The van der Waals surface area contributed by atoms with Crippen molar-refractivity contribution < 1.29 is 14.3 Å². The highest BCUT2D eigenvalue weighted by Crippen LogP contribution is 2.42. The molecular weight excluding hydrogens is 328 g/mol. The maximum absolute atomic E-state index is 12.3. The van der Waals surface area contributed by atoms with Gasteiger partial charge in [-0.25, -0.2) is 0 Å². The number of rotatable bonds is 6. The number of hydrogen-bond acceptors (Lipinski definition) is 4. The second-order valence-corrected chi connectivity index (χ2v) is 8.45. The van der Waals surface area contributed by atoms with Crippen molar-refractivity contribution in [2.45, 2.75) is 58.2 Å². The van der Waals surface area contributed by atoms with Gasteiger partial charge in [0.2, 0.25) is 5.91 Å². The van der Waals surface area contributed by atoms with Crippen LogP contribution in [0.4, 0.5) is 0 Å². The van der Waals surface area contributed by atoms with Crippen LogP contribution in [-0.4, -0.2) is 48.2 Å². The molecule has 1 saturated carbocycles. The molecule has 1 amide bonds. The van der Waals surface area contributed by atoms with Gasteiger partial charge in [0.15, 0.2) is 0 Å². The Morgan fingerprint density at radius 2 is 2.15 bits per heavy atom. The Morgan fingerprint density at radius 1 is 1.35 bits per heavy atom. The zero-order valence-corrected chi connectivity index (χ0v) is 15.8. The van der Waals surface area contributed by atoms with Crippen LogP contribution in [-0.2, 0) is 20.9 Å². The number of hydrogen-bond donors (Lipinski definition) is 0. The quantitative estimate of drug-likeness (QED) is 0.784. The minimum absolute atomic E-state index is 0.175. The first-order valence-corrected chi connectivity index (χ1v) is 10.0. The molecule has 4 rings (SSSR count). The van der Waals surface area contributed by atoms with Crippen LogP contribution in [0.3, 0.4) is 0 Å². The van der Waals surface area contributed by atoms with E-state index in [-0.39, 0.29) is 11.5 Å². The number of aryl methyl sites for hydroxylation is 1. The van der Waals surface area contributed by atoms with Gasteiger partial charge in [-0.05, 0) is 62.5 Å². The van der Waals surface area contributed by atoms with Crippen molar-refractivity contribution in [3.63, 3.8) is 0 Å². The summed E-state index contributed by atoms with van der Waals surface area (Å²) in [6.07, 6.45) is 6.63. The molecule has 0 N–H and O–H groups in total. The molecule has 0 bridgehead atoms. The molecule has 1 aliphatic carbocycles. The average Bonchev–Trinajstić information content (AvgIpc) is 3.36. The van der Waals surface area contributed by atoms with Gasteiger partial charge < -0.3 is 14.4 Å². The molecule has 2 aliphatic heterocycles. The molecule has 0 aromatic carbocycles.